The number of carboxylic acid groups (broad SMARTS) is 2. The molecule has 0 saturated heterocycles. The summed E-state index contributed by atoms with van der Waals surface area (Å²) >= 11 is 0. The smallest absolute Gasteiger partial charge is 0.335 e. The Morgan fingerprint density at radius 2 is 1.58 bits per heavy atom. The molecule has 2 N–H and O–H groups in total. The largest absolute Gasteiger partial charge is 0.478 e. The number of nitrogens with zero attached hydrogens (tertiary/aromatic N) is 1. The molecule has 3 rings (SSSR count). The molecule has 0 bridgehead atoms. The Balaban J connectivity index is 1.83. The second-order valence-corrected chi connectivity index (χ2v) is 5.65. The highest BCUT2D eigenvalue weighted by Gasteiger charge is 2.11. The van der Waals surface area contributed by atoms with Crippen molar-refractivity contribution in [3.05, 3.63) is 77.0 Å². The molecule has 0 fully saturated rings. The molecule has 0 aliphatic carbocycles. The molecule has 0 spiro atoms. The van der Waals surface area contributed by atoms with Gasteiger partial charge in [-0.3, -0.25) is 4.99 Å². The summed E-state index contributed by atoms with van der Waals surface area (Å²) in [5, 5.41) is 18.0. The normalized spacial score (nSPS) is 11.0. The SMILES string of the molecule is Cc1ccc(C(=O)O)cc1-c1ccc(C=Nc2ccc(C(=O)O)cc2)o1. The van der Waals surface area contributed by atoms with E-state index in [-0.39, 0.29) is 11.1 Å². The molecule has 0 atom stereocenters. The summed E-state index contributed by atoms with van der Waals surface area (Å²) in [7, 11) is 0. The molecule has 26 heavy (non-hydrogen) atoms. The standard InChI is InChI=1S/C20H15NO5/c1-12-2-3-14(20(24)25)10-17(12)18-9-8-16(26-18)11-21-15-6-4-13(5-7-15)19(22)23/h2-11H,1H3,(H,22,23)(H,24,25). The fourth-order valence-electron chi connectivity index (χ4n) is 2.42. The van der Waals surface area contributed by atoms with Crippen molar-refractivity contribution in [2.24, 2.45) is 4.99 Å². The Kier molecular flexibility index (Phi) is 4.66. The lowest BCUT2D eigenvalue weighted by atomic mass is 10.0. The Hall–Kier alpha value is -3.67. The second-order valence-electron chi connectivity index (χ2n) is 5.65. The molecule has 2 aromatic carbocycles. The minimum atomic E-state index is -0.996. The number of rotatable bonds is 5. The van der Waals surface area contributed by atoms with Crippen LogP contribution in [0.4, 0.5) is 5.69 Å². The van der Waals surface area contributed by atoms with Gasteiger partial charge in [-0.25, -0.2) is 9.59 Å². The zero-order valence-corrected chi connectivity index (χ0v) is 13.8. The molecular formula is C20H15NO5. The predicted octanol–water partition coefficient (Wildman–Crippen LogP) is 4.40. The number of hydrogen-bond donors (Lipinski definition) is 2. The third-order valence-electron chi connectivity index (χ3n) is 3.83. The molecule has 0 amide bonds. The van der Waals surface area contributed by atoms with Crippen LogP contribution in [-0.4, -0.2) is 28.4 Å². The molecule has 3 aromatic rings. The molecular weight excluding hydrogens is 334 g/mol. The lowest BCUT2D eigenvalue weighted by Gasteiger charge is -2.04. The number of carboxylic acids is 2. The molecule has 6 heteroatoms. The first-order valence-corrected chi connectivity index (χ1v) is 7.75. The van der Waals surface area contributed by atoms with Crippen molar-refractivity contribution in [1.29, 1.82) is 0 Å². The topological polar surface area (TPSA) is 100 Å². The number of aryl methyl sites for hydroxylation is 1. The van der Waals surface area contributed by atoms with Crippen molar-refractivity contribution in [1.82, 2.24) is 0 Å². The van der Waals surface area contributed by atoms with Crippen molar-refractivity contribution in [3.8, 4) is 11.3 Å². The lowest BCUT2D eigenvalue weighted by molar-refractivity contribution is 0.0686. The number of carbonyl (C=O) groups is 2. The van der Waals surface area contributed by atoms with E-state index in [0.717, 1.165) is 5.56 Å². The molecule has 0 aliphatic rings. The Morgan fingerprint density at radius 1 is 0.923 bits per heavy atom. The van der Waals surface area contributed by atoms with Gasteiger partial charge in [0.2, 0.25) is 0 Å². The van der Waals surface area contributed by atoms with E-state index in [9.17, 15) is 9.59 Å². The summed E-state index contributed by atoms with van der Waals surface area (Å²) in [6, 6.07) is 14.5. The third-order valence-corrected chi connectivity index (χ3v) is 3.83. The van der Waals surface area contributed by atoms with Crippen LogP contribution in [0.2, 0.25) is 0 Å². The summed E-state index contributed by atoms with van der Waals surface area (Å²) < 4.78 is 5.73. The van der Waals surface area contributed by atoms with E-state index in [4.69, 9.17) is 14.6 Å². The van der Waals surface area contributed by atoms with Gasteiger partial charge in [-0.15, -0.1) is 0 Å². The fourth-order valence-corrected chi connectivity index (χ4v) is 2.42. The molecule has 1 heterocycles. The lowest BCUT2D eigenvalue weighted by Crippen LogP contribution is -1.96. The highest BCUT2D eigenvalue weighted by atomic mass is 16.4. The zero-order chi connectivity index (χ0) is 18.7. The monoisotopic (exact) mass is 349 g/mol. The summed E-state index contributed by atoms with van der Waals surface area (Å²) in [5.74, 6) is -0.935. The molecule has 1 aromatic heterocycles. The van der Waals surface area contributed by atoms with E-state index in [0.29, 0.717) is 22.8 Å². The van der Waals surface area contributed by atoms with Crippen molar-refractivity contribution in [2.75, 3.05) is 0 Å². The molecule has 0 unspecified atom stereocenters. The highest BCUT2D eigenvalue weighted by molar-refractivity contribution is 5.90. The van der Waals surface area contributed by atoms with Gasteiger partial charge in [-0.2, -0.15) is 0 Å². The van der Waals surface area contributed by atoms with Crippen LogP contribution in [0.1, 0.15) is 32.0 Å². The summed E-state index contributed by atoms with van der Waals surface area (Å²) in [5.41, 5.74) is 2.58. The van der Waals surface area contributed by atoms with E-state index in [2.05, 4.69) is 4.99 Å². The van der Waals surface area contributed by atoms with Crippen LogP contribution in [0, 0.1) is 6.92 Å². The Morgan fingerprint density at radius 3 is 2.23 bits per heavy atom. The number of benzene rings is 2. The Bertz CT molecular complexity index is 999. The number of hydrogen-bond acceptors (Lipinski definition) is 4. The quantitative estimate of drug-likeness (QED) is 0.665. The van der Waals surface area contributed by atoms with Gasteiger partial charge in [0.15, 0.2) is 0 Å². The van der Waals surface area contributed by atoms with Gasteiger partial charge >= 0.3 is 11.9 Å². The number of aromatic carboxylic acids is 2. The summed E-state index contributed by atoms with van der Waals surface area (Å²) in [6.45, 7) is 1.88. The second kappa shape index (κ2) is 7.06. The molecule has 0 saturated carbocycles. The van der Waals surface area contributed by atoms with E-state index in [1.54, 1.807) is 42.5 Å². The maximum absolute atomic E-state index is 11.1. The molecule has 0 aliphatic heterocycles. The summed E-state index contributed by atoms with van der Waals surface area (Å²) in [6.07, 6.45) is 1.52. The number of aliphatic imine (C=N–C) groups is 1. The molecule has 0 radical (unpaired) electrons. The van der Waals surface area contributed by atoms with Crippen LogP contribution >= 0.6 is 0 Å². The first-order valence-electron chi connectivity index (χ1n) is 7.75. The Labute approximate surface area is 149 Å². The van der Waals surface area contributed by atoms with Gasteiger partial charge < -0.3 is 14.6 Å². The third kappa shape index (κ3) is 3.70. The average molecular weight is 349 g/mol. The minimum Gasteiger partial charge on any atom is -0.478 e. The van der Waals surface area contributed by atoms with Crippen LogP contribution in [0.25, 0.3) is 11.3 Å². The maximum atomic E-state index is 11.1. The molecule has 130 valence electrons. The van der Waals surface area contributed by atoms with E-state index < -0.39 is 11.9 Å². The van der Waals surface area contributed by atoms with Crippen molar-refractivity contribution in [3.63, 3.8) is 0 Å². The van der Waals surface area contributed by atoms with Gasteiger partial charge in [0, 0.05) is 5.56 Å². The van der Waals surface area contributed by atoms with Crippen LogP contribution in [0.5, 0.6) is 0 Å². The van der Waals surface area contributed by atoms with E-state index in [1.807, 2.05) is 6.92 Å². The summed E-state index contributed by atoms with van der Waals surface area (Å²) in [4.78, 5) is 26.2. The van der Waals surface area contributed by atoms with Crippen LogP contribution < -0.4 is 0 Å². The van der Waals surface area contributed by atoms with E-state index in [1.165, 1.54) is 18.3 Å². The molecule has 6 nitrogen and oxygen atoms in total. The van der Waals surface area contributed by atoms with Crippen LogP contribution in [0.3, 0.4) is 0 Å². The van der Waals surface area contributed by atoms with Crippen LogP contribution in [0.15, 0.2) is 64.0 Å². The van der Waals surface area contributed by atoms with Gasteiger partial charge in [0.1, 0.15) is 11.5 Å². The highest BCUT2D eigenvalue weighted by Crippen LogP contribution is 2.26. The average Bonchev–Trinajstić information content (AvgIpc) is 3.09. The van der Waals surface area contributed by atoms with Crippen molar-refractivity contribution in [2.45, 2.75) is 6.92 Å². The van der Waals surface area contributed by atoms with Crippen molar-refractivity contribution >= 4 is 23.8 Å². The van der Waals surface area contributed by atoms with E-state index >= 15 is 0 Å². The van der Waals surface area contributed by atoms with Gasteiger partial charge in [-0.05, 0) is 61.0 Å². The van der Waals surface area contributed by atoms with Crippen LogP contribution in [-0.2, 0) is 0 Å². The van der Waals surface area contributed by atoms with Gasteiger partial charge in [0.05, 0.1) is 23.0 Å². The van der Waals surface area contributed by atoms with Gasteiger partial charge in [0.25, 0.3) is 0 Å². The predicted molar refractivity (Wildman–Crippen MR) is 96.5 cm³/mol. The minimum absolute atomic E-state index is 0.190. The van der Waals surface area contributed by atoms with Crippen molar-refractivity contribution < 1.29 is 24.2 Å². The fraction of sp³-hybridized carbons (Fsp3) is 0.0500. The van der Waals surface area contributed by atoms with Gasteiger partial charge in [-0.1, -0.05) is 6.07 Å². The number of furan rings is 1. The zero-order valence-electron chi connectivity index (χ0n) is 13.8. The first-order chi connectivity index (χ1) is 12.4. The maximum Gasteiger partial charge on any atom is 0.335 e. The first kappa shape index (κ1) is 17.2.